The first-order valence-corrected chi connectivity index (χ1v) is 6.74. The van der Waals surface area contributed by atoms with Crippen LogP contribution in [0, 0.1) is 15.5 Å². The number of nitrogens with zero attached hydrogens (tertiary/aromatic N) is 1. The van der Waals surface area contributed by atoms with Crippen molar-refractivity contribution in [2.75, 3.05) is 6.54 Å². The number of amides is 1. The Bertz CT molecular complexity index is 538. The highest BCUT2D eigenvalue weighted by molar-refractivity contribution is 5.98. The van der Waals surface area contributed by atoms with Gasteiger partial charge in [-0.1, -0.05) is 19.4 Å². The lowest BCUT2D eigenvalue weighted by Gasteiger charge is -2.15. The second-order valence-corrected chi connectivity index (χ2v) is 5.36. The van der Waals surface area contributed by atoms with Crippen molar-refractivity contribution in [1.82, 2.24) is 5.32 Å². The summed E-state index contributed by atoms with van der Waals surface area (Å²) >= 11 is 0. The Morgan fingerprint density at radius 2 is 2.20 bits per heavy atom. The highest BCUT2D eigenvalue weighted by atomic mass is 16.6. The van der Waals surface area contributed by atoms with Gasteiger partial charge in [-0.3, -0.25) is 14.9 Å². The number of aromatic hydroxyl groups is 1. The van der Waals surface area contributed by atoms with Crippen molar-refractivity contribution in [3.05, 3.63) is 33.9 Å². The summed E-state index contributed by atoms with van der Waals surface area (Å²) in [6.07, 6.45) is 4.33. The zero-order valence-corrected chi connectivity index (χ0v) is 11.4. The smallest absolute Gasteiger partial charge is 0.311 e. The fourth-order valence-electron chi connectivity index (χ4n) is 2.45. The Hall–Kier alpha value is -2.11. The number of nitro benzene ring substituents is 1. The average molecular weight is 278 g/mol. The van der Waals surface area contributed by atoms with Gasteiger partial charge in [-0.05, 0) is 30.7 Å². The number of nitrogens with one attached hydrogen (secondary N) is 1. The molecule has 6 heteroatoms. The van der Waals surface area contributed by atoms with Gasteiger partial charge in [-0.25, -0.2) is 0 Å². The number of nitro groups is 1. The van der Waals surface area contributed by atoms with E-state index in [1.165, 1.54) is 18.2 Å². The summed E-state index contributed by atoms with van der Waals surface area (Å²) in [4.78, 5) is 22.0. The Morgan fingerprint density at radius 3 is 2.75 bits per heavy atom. The van der Waals surface area contributed by atoms with Crippen LogP contribution >= 0.6 is 0 Å². The zero-order chi connectivity index (χ0) is 14.8. The maximum absolute atomic E-state index is 12.0. The van der Waals surface area contributed by atoms with E-state index in [9.17, 15) is 20.0 Å². The first-order chi connectivity index (χ1) is 9.49. The lowest BCUT2D eigenvalue weighted by atomic mass is 10.0. The van der Waals surface area contributed by atoms with E-state index >= 15 is 0 Å². The van der Waals surface area contributed by atoms with Gasteiger partial charge >= 0.3 is 5.69 Å². The van der Waals surface area contributed by atoms with Crippen molar-refractivity contribution in [2.24, 2.45) is 5.41 Å². The highest BCUT2D eigenvalue weighted by Crippen LogP contribution is 2.49. The molecular weight excluding hydrogens is 260 g/mol. The monoisotopic (exact) mass is 278 g/mol. The summed E-state index contributed by atoms with van der Waals surface area (Å²) < 4.78 is 0. The zero-order valence-electron chi connectivity index (χ0n) is 11.4. The van der Waals surface area contributed by atoms with Crippen molar-refractivity contribution >= 4 is 11.6 Å². The topological polar surface area (TPSA) is 92.5 Å². The van der Waals surface area contributed by atoms with Gasteiger partial charge in [-0.15, -0.1) is 0 Å². The van der Waals surface area contributed by atoms with Crippen LogP contribution in [0.1, 0.15) is 43.0 Å². The molecule has 2 rings (SSSR count). The number of carbonyl (C=O) groups is 1. The quantitative estimate of drug-likeness (QED) is 0.618. The third kappa shape index (κ3) is 2.89. The molecule has 108 valence electrons. The SMILES string of the molecule is CCCC1(CNC(=O)c2cccc([N+](=O)[O-])c2O)CC1. The molecule has 0 aromatic heterocycles. The van der Waals surface area contributed by atoms with E-state index in [0.717, 1.165) is 25.7 Å². The van der Waals surface area contributed by atoms with Gasteiger partial charge in [0.2, 0.25) is 5.75 Å². The maximum atomic E-state index is 12.0. The minimum atomic E-state index is -0.703. The van der Waals surface area contributed by atoms with Gasteiger partial charge in [0, 0.05) is 12.6 Å². The largest absolute Gasteiger partial charge is 0.502 e. The Balaban J connectivity index is 2.06. The van der Waals surface area contributed by atoms with Crippen LogP contribution in [0.4, 0.5) is 5.69 Å². The molecule has 1 amide bonds. The van der Waals surface area contributed by atoms with Crippen molar-refractivity contribution in [1.29, 1.82) is 0 Å². The van der Waals surface area contributed by atoms with E-state index in [1.54, 1.807) is 0 Å². The Kier molecular flexibility index (Phi) is 3.92. The second kappa shape index (κ2) is 5.48. The number of phenolic OH excluding ortho intramolecular Hbond substituents is 1. The molecule has 0 aliphatic heterocycles. The highest BCUT2D eigenvalue weighted by Gasteiger charge is 2.41. The summed E-state index contributed by atoms with van der Waals surface area (Å²) in [6.45, 7) is 2.66. The molecule has 1 aliphatic carbocycles. The molecule has 2 N–H and O–H groups in total. The van der Waals surface area contributed by atoms with Gasteiger partial charge in [0.1, 0.15) is 0 Å². The van der Waals surface area contributed by atoms with E-state index in [-0.39, 0.29) is 11.0 Å². The molecule has 0 radical (unpaired) electrons. The van der Waals surface area contributed by atoms with Crippen molar-refractivity contribution in [3.63, 3.8) is 0 Å². The molecule has 0 unspecified atom stereocenters. The summed E-state index contributed by atoms with van der Waals surface area (Å²) in [6, 6.07) is 3.95. The number of hydrogen-bond acceptors (Lipinski definition) is 4. The van der Waals surface area contributed by atoms with E-state index in [2.05, 4.69) is 12.2 Å². The number of phenols is 1. The molecular formula is C14H18N2O4. The van der Waals surface area contributed by atoms with E-state index in [0.29, 0.717) is 6.54 Å². The summed E-state index contributed by atoms with van der Waals surface area (Å²) in [5, 5.41) is 23.3. The van der Waals surface area contributed by atoms with Gasteiger partial charge in [0.15, 0.2) is 0 Å². The first kappa shape index (κ1) is 14.3. The Morgan fingerprint density at radius 1 is 1.50 bits per heavy atom. The molecule has 0 atom stereocenters. The lowest BCUT2D eigenvalue weighted by molar-refractivity contribution is -0.385. The molecule has 1 saturated carbocycles. The maximum Gasteiger partial charge on any atom is 0.311 e. The molecule has 0 bridgehead atoms. The van der Waals surface area contributed by atoms with Gasteiger partial charge in [-0.2, -0.15) is 0 Å². The summed E-state index contributed by atoms with van der Waals surface area (Å²) in [5.41, 5.74) is -0.306. The number of hydrogen-bond donors (Lipinski definition) is 2. The minimum absolute atomic E-state index is 0.0495. The molecule has 1 aromatic rings. The fourth-order valence-corrected chi connectivity index (χ4v) is 2.45. The van der Waals surface area contributed by atoms with Crippen molar-refractivity contribution < 1.29 is 14.8 Å². The van der Waals surface area contributed by atoms with Gasteiger partial charge < -0.3 is 10.4 Å². The van der Waals surface area contributed by atoms with E-state index in [4.69, 9.17) is 0 Å². The van der Waals surface area contributed by atoms with Crippen LogP contribution in [0.2, 0.25) is 0 Å². The van der Waals surface area contributed by atoms with E-state index < -0.39 is 22.3 Å². The molecule has 0 spiro atoms. The van der Waals surface area contributed by atoms with Crippen molar-refractivity contribution in [2.45, 2.75) is 32.6 Å². The molecule has 20 heavy (non-hydrogen) atoms. The molecule has 6 nitrogen and oxygen atoms in total. The molecule has 0 saturated heterocycles. The number of benzene rings is 1. The van der Waals surface area contributed by atoms with Crippen LogP contribution in [-0.2, 0) is 0 Å². The second-order valence-electron chi connectivity index (χ2n) is 5.36. The standard InChI is InChI=1S/C14H18N2O4/c1-2-6-14(7-8-14)9-15-13(18)10-4-3-5-11(12(10)17)16(19)20/h3-5,17H,2,6-9H2,1H3,(H,15,18). The number of carbonyl (C=O) groups excluding carboxylic acids is 1. The van der Waals surface area contributed by atoms with E-state index in [1.807, 2.05) is 0 Å². The minimum Gasteiger partial charge on any atom is -0.502 e. The summed E-state index contributed by atoms with van der Waals surface area (Å²) in [5.74, 6) is -1.04. The third-order valence-electron chi connectivity index (χ3n) is 3.82. The average Bonchev–Trinajstić information content (AvgIpc) is 3.17. The first-order valence-electron chi connectivity index (χ1n) is 6.74. The van der Waals surface area contributed by atoms with Crippen LogP contribution < -0.4 is 5.32 Å². The van der Waals surface area contributed by atoms with Crippen LogP contribution in [0.5, 0.6) is 5.75 Å². The number of rotatable bonds is 6. The Labute approximate surface area is 117 Å². The number of para-hydroxylation sites is 1. The molecule has 1 aliphatic rings. The molecule has 0 heterocycles. The fraction of sp³-hybridized carbons (Fsp3) is 0.500. The van der Waals surface area contributed by atoms with Crippen LogP contribution in [0.25, 0.3) is 0 Å². The van der Waals surface area contributed by atoms with Gasteiger partial charge in [0.25, 0.3) is 5.91 Å². The molecule has 1 aromatic carbocycles. The van der Waals surface area contributed by atoms with Crippen LogP contribution in [-0.4, -0.2) is 22.5 Å². The predicted octanol–water partition coefficient (Wildman–Crippen LogP) is 2.61. The summed E-state index contributed by atoms with van der Waals surface area (Å²) in [7, 11) is 0. The lowest BCUT2D eigenvalue weighted by Crippen LogP contribution is -2.30. The van der Waals surface area contributed by atoms with Crippen LogP contribution in [0.3, 0.4) is 0 Å². The third-order valence-corrected chi connectivity index (χ3v) is 3.82. The van der Waals surface area contributed by atoms with Gasteiger partial charge in [0.05, 0.1) is 10.5 Å². The van der Waals surface area contributed by atoms with Crippen LogP contribution in [0.15, 0.2) is 18.2 Å². The normalized spacial score (nSPS) is 15.7. The predicted molar refractivity (Wildman–Crippen MR) is 73.7 cm³/mol. The molecule has 1 fully saturated rings. The van der Waals surface area contributed by atoms with Crippen molar-refractivity contribution in [3.8, 4) is 5.75 Å².